The SMILES string of the molecule is Cc1oncc1C(=O)N1C[C@@H]2C[C@H]1CN2C(=O)C1CCCc2cn[nH]c21. The lowest BCUT2D eigenvalue weighted by atomic mass is 9.87. The zero-order chi connectivity index (χ0) is 17.8. The van der Waals surface area contributed by atoms with Crippen molar-refractivity contribution < 1.29 is 14.1 Å². The van der Waals surface area contributed by atoms with Crippen LogP contribution in [0.3, 0.4) is 0 Å². The van der Waals surface area contributed by atoms with Crippen LogP contribution in [0.4, 0.5) is 0 Å². The summed E-state index contributed by atoms with van der Waals surface area (Å²) >= 11 is 0. The first-order valence-corrected chi connectivity index (χ1v) is 9.18. The van der Waals surface area contributed by atoms with Gasteiger partial charge >= 0.3 is 0 Å². The molecule has 3 atom stereocenters. The molecule has 0 radical (unpaired) electrons. The lowest BCUT2D eigenvalue weighted by Crippen LogP contribution is -2.52. The van der Waals surface area contributed by atoms with E-state index in [2.05, 4.69) is 15.4 Å². The number of likely N-dealkylation sites (tertiary alicyclic amines) is 2. The van der Waals surface area contributed by atoms with E-state index in [1.165, 1.54) is 11.8 Å². The number of carbonyl (C=O) groups excluding carboxylic acids is 2. The first-order chi connectivity index (χ1) is 12.6. The average Bonchev–Trinajstić information content (AvgIpc) is 3.42. The van der Waals surface area contributed by atoms with E-state index >= 15 is 0 Å². The van der Waals surface area contributed by atoms with Crippen molar-refractivity contribution in [2.45, 2.75) is 50.6 Å². The molecule has 2 aromatic rings. The fourth-order valence-electron chi connectivity index (χ4n) is 4.75. The maximum atomic E-state index is 13.2. The van der Waals surface area contributed by atoms with Crippen LogP contribution in [0.1, 0.15) is 52.6 Å². The van der Waals surface area contributed by atoms with Crippen molar-refractivity contribution >= 4 is 11.8 Å². The van der Waals surface area contributed by atoms with Crippen molar-refractivity contribution in [3.63, 3.8) is 0 Å². The van der Waals surface area contributed by atoms with Gasteiger partial charge in [0.25, 0.3) is 5.91 Å². The Morgan fingerprint density at radius 1 is 1.23 bits per heavy atom. The van der Waals surface area contributed by atoms with Gasteiger partial charge in [-0.25, -0.2) is 0 Å². The number of rotatable bonds is 2. The summed E-state index contributed by atoms with van der Waals surface area (Å²) in [6.07, 6.45) is 7.04. The standard InChI is InChI=1S/C18H21N5O3/c1-10-15(7-20-26-10)18(25)23-9-12-5-13(23)8-22(12)17(24)14-4-2-3-11-6-19-21-16(11)14/h6-7,12-14H,2-5,8-9H2,1H3,(H,19,21)/t12-,13-,14?/m0/s1. The number of aryl methyl sites for hydroxylation is 2. The van der Waals surface area contributed by atoms with E-state index in [0.717, 1.165) is 31.4 Å². The molecule has 2 fully saturated rings. The summed E-state index contributed by atoms with van der Waals surface area (Å²) in [5.74, 6) is 0.553. The molecule has 2 aliphatic heterocycles. The van der Waals surface area contributed by atoms with Crippen LogP contribution in [0.5, 0.6) is 0 Å². The van der Waals surface area contributed by atoms with Crippen LogP contribution < -0.4 is 0 Å². The van der Waals surface area contributed by atoms with Crippen molar-refractivity contribution in [1.29, 1.82) is 0 Å². The number of nitrogens with zero attached hydrogens (tertiary/aromatic N) is 4. The summed E-state index contributed by atoms with van der Waals surface area (Å²) in [7, 11) is 0. The first kappa shape index (κ1) is 15.6. The Morgan fingerprint density at radius 2 is 2.04 bits per heavy atom. The zero-order valence-electron chi connectivity index (χ0n) is 14.6. The molecule has 0 saturated carbocycles. The number of aromatic amines is 1. The van der Waals surface area contributed by atoms with Gasteiger partial charge in [0.15, 0.2) is 0 Å². The van der Waals surface area contributed by atoms with Gasteiger partial charge in [0, 0.05) is 13.1 Å². The third kappa shape index (κ3) is 2.21. The molecule has 4 heterocycles. The Morgan fingerprint density at radius 3 is 2.77 bits per heavy atom. The van der Waals surface area contributed by atoms with Gasteiger partial charge in [0.1, 0.15) is 11.3 Å². The van der Waals surface area contributed by atoms with Gasteiger partial charge in [-0.1, -0.05) is 5.16 Å². The Labute approximate surface area is 150 Å². The first-order valence-electron chi connectivity index (χ1n) is 9.18. The van der Waals surface area contributed by atoms with Gasteiger partial charge in [-0.3, -0.25) is 14.7 Å². The Kier molecular flexibility index (Phi) is 3.41. The third-order valence-corrected chi connectivity index (χ3v) is 6.10. The highest BCUT2D eigenvalue weighted by molar-refractivity contribution is 5.95. The second-order valence-corrected chi connectivity index (χ2v) is 7.54. The average molecular weight is 355 g/mol. The topological polar surface area (TPSA) is 95.3 Å². The molecule has 26 heavy (non-hydrogen) atoms. The fourth-order valence-corrected chi connectivity index (χ4v) is 4.75. The summed E-state index contributed by atoms with van der Waals surface area (Å²) in [4.78, 5) is 29.7. The highest BCUT2D eigenvalue weighted by Crippen LogP contribution is 2.37. The van der Waals surface area contributed by atoms with Gasteiger partial charge in [0.2, 0.25) is 5.91 Å². The van der Waals surface area contributed by atoms with Crippen molar-refractivity contribution in [3.05, 3.63) is 35.0 Å². The van der Waals surface area contributed by atoms with Crippen LogP contribution in [-0.4, -0.2) is 62.1 Å². The van der Waals surface area contributed by atoms with Crippen molar-refractivity contribution in [3.8, 4) is 0 Å². The molecule has 1 N–H and O–H groups in total. The molecular weight excluding hydrogens is 334 g/mol. The van der Waals surface area contributed by atoms with Crippen LogP contribution in [0.2, 0.25) is 0 Å². The summed E-state index contributed by atoms with van der Waals surface area (Å²) in [5.41, 5.74) is 2.67. The minimum Gasteiger partial charge on any atom is -0.361 e. The van der Waals surface area contributed by atoms with Crippen LogP contribution >= 0.6 is 0 Å². The molecule has 2 saturated heterocycles. The summed E-state index contributed by atoms with van der Waals surface area (Å²) in [5, 5.41) is 10.8. The lowest BCUT2D eigenvalue weighted by Gasteiger charge is -2.36. The molecule has 1 aliphatic carbocycles. The number of amides is 2. The molecular formula is C18H21N5O3. The molecule has 0 spiro atoms. The highest BCUT2D eigenvalue weighted by Gasteiger charge is 2.49. The van der Waals surface area contributed by atoms with Gasteiger partial charge in [0.05, 0.1) is 36.1 Å². The summed E-state index contributed by atoms with van der Waals surface area (Å²) in [6, 6.07) is 0.181. The number of fused-ring (bicyclic) bond motifs is 3. The van der Waals surface area contributed by atoms with Crippen LogP contribution in [0.15, 0.2) is 16.9 Å². The normalized spacial score (nSPS) is 27.0. The number of H-pyrrole nitrogens is 1. The van der Waals surface area contributed by atoms with E-state index in [4.69, 9.17) is 4.52 Å². The van der Waals surface area contributed by atoms with E-state index in [9.17, 15) is 9.59 Å². The Hall–Kier alpha value is -2.64. The van der Waals surface area contributed by atoms with E-state index in [-0.39, 0.29) is 29.8 Å². The maximum Gasteiger partial charge on any atom is 0.259 e. The van der Waals surface area contributed by atoms with Crippen LogP contribution in [0.25, 0.3) is 0 Å². The van der Waals surface area contributed by atoms with E-state index in [1.54, 1.807) is 6.92 Å². The summed E-state index contributed by atoms with van der Waals surface area (Å²) < 4.78 is 5.02. The van der Waals surface area contributed by atoms with E-state index in [1.807, 2.05) is 16.0 Å². The smallest absolute Gasteiger partial charge is 0.259 e. The van der Waals surface area contributed by atoms with Gasteiger partial charge in [-0.2, -0.15) is 5.10 Å². The molecule has 2 aromatic heterocycles. The number of hydrogen-bond donors (Lipinski definition) is 1. The molecule has 136 valence electrons. The van der Waals surface area contributed by atoms with Gasteiger partial charge in [-0.15, -0.1) is 0 Å². The number of hydrogen-bond acceptors (Lipinski definition) is 5. The van der Waals surface area contributed by atoms with Crippen LogP contribution in [-0.2, 0) is 11.2 Å². The summed E-state index contributed by atoms with van der Waals surface area (Å²) in [6.45, 7) is 2.94. The molecule has 2 amide bonds. The molecule has 2 bridgehead atoms. The molecule has 3 aliphatic rings. The fraction of sp³-hybridized carbons (Fsp3) is 0.556. The number of nitrogens with one attached hydrogen (secondary N) is 1. The number of piperazine rings is 1. The minimum atomic E-state index is -0.120. The second-order valence-electron chi connectivity index (χ2n) is 7.54. The third-order valence-electron chi connectivity index (χ3n) is 6.10. The highest BCUT2D eigenvalue weighted by atomic mass is 16.5. The van der Waals surface area contributed by atoms with Crippen LogP contribution in [0, 0.1) is 6.92 Å². The second kappa shape index (κ2) is 5.69. The molecule has 8 heteroatoms. The predicted octanol–water partition coefficient (Wildman–Crippen LogP) is 1.25. The molecule has 5 rings (SSSR count). The quantitative estimate of drug-likeness (QED) is 0.875. The van der Waals surface area contributed by atoms with Crippen molar-refractivity contribution in [2.75, 3.05) is 13.1 Å². The Balaban J connectivity index is 1.32. The molecule has 0 aromatic carbocycles. The van der Waals surface area contributed by atoms with Gasteiger partial charge < -0.3 is 14.3 Å². The van der Waals surface area contributed by atoms with E-state index < -0.39 is 0 Å². The van der Waals surface area contributed by atoms with Crippen molar-refractivity contribution in [2.24, 2.45) is 0 Å². The minimum absolute atomic E-state index is 0.0446. The van der Waals surface area contributed by atoms with Gasteiger partial charge in [-0.05, 0) is 38.2 Å². The maximum absolute atomic E-state index is 13.2. The molecule has 1 unspecified atom stereocenters. The number of aromatic nitrogens is 3. The monoisotopic (exact) mass is 355 g/mol. The Bertz CT molecular complexity index is 872. The number of carbonyl (C=O) groups is 2. The van der Waals surface area contributed by atoms with Crippen molar-refractivity contribution in [1.82, 2.24) is 25.2 Å². The largest absolute Gasteiger partial charge is 0.361 e. The van der Waals surface area contributed by atoms with E-state index in [0.29, 0.717) is 24.4 Å². The predicted molar refractivity (Wildman–Crippen MR) is 90.4 cm³/mol. The zero-order valence-corrected chi connectivity index (χ0v) is 14.6. The lowest BCUT2D eigenvalue weighted by molar-refractivity contribution is -0.135. The molecule has 8 nitrogen and oxygen atoms in total.